The molecule has 1 saturated carbocycles. The van der Waals surface area contributed by atoms with E-state index >= 15 is 0 Å². The molecule has 6 heteroatoms. The Kier molecular flexibility index (Phi) is 4.62. The molecule has 112 valence electrons. The first-order chi connectivity index (χ1) is 9.32. The second-order valence-corrected chi connectivity index (χ2v) is 8.05. The molecule has 20 heavy (non-hydrogen) atoms. The van der Waals surface area contributed by atoms with Gasteiger partial charge < -0.3 is 5.73 Å². The summed E-state index contributed by atoms with van der Waals surface area (Å²) < 4.78 is 27.3. The fraction of sp³-hybridized carbons (Fsp3) is 0.571. The van der Waals surface area contributed by atoms with E-state index in [9.17, 15) is 8.42 Å². The number of nitrogens with two attached hydrogens (primary N) is 1. The molecule has 4 nitrogen and oxygen atoms in total. The van der Waals surface area contributed by atoms with Gasteiger partial charge in [-0.05, 0) is 36.5 Å². The number of hydrogen-bond donors (Lipinski definition) is 2. The van der Waals surface area contributed by atoms with E-state index in [1.807, 2.05) is 0 Å². The van der Waals surface area contributed by atoms with E-state index in [0.29, 0.717) is 11.6 Å². The van der Waals surface area contributed by atoms with E-state index in [4.69, 9.17) is 17.3 Å². The molecule has 0 atom stereocenters. The third-order valence-electron chi connectivity index (χ3n) is 4.01. The van der Waals surface area contributed by atoms with Crippen molar-refractivity contribution in [1.29, 1.82) is 0 Å². The monoisotopic (exact) mass is 316 g/mol. The van der Waals surface area contributed by atoms with Crippen molar-refractivity contribution in [2.75, 3.05) is 12.3 Å². The molecule has 1 aromatic carbocycles. The minimum absolute atomic E-state index is 0.0481. The van der Waals surface area contributed by atoms with E-state index in [-0.39, 0.29) is 16.0 Å². The van der Waals surface area contributed by atoms with Gasteiger partial charge in [0.1, 0.15) is 4.90 Å². The molecule has 0 aliphatic heterocycles. The van der Waals surface area contributed by atoms with Crippen LogP contribution in [-0.4, -0.2) is 15.0 Å². The highest BCUT2D eigenvalue weighted by Crippen LogP contribution is 2.35. The van der Waals surface area contributed by atoms with Crippen LogP contribution in [0.5, 0.6) is 0 Å². The SMILES string of the molecule is CC1(CNS(=O)(=O)c2ccc(Cl)cc2N)CCCCC1. The predicted octanol–water partition coefficient (Wildman–Crippen LogP) is 3.17. The van der Waals surface area contributed by atoms with Crippen LogP contribution >= 0.6 is 11.6 Å². The molecule has 1 aliphatic carbocycles. The highest BCUT2D eigenvalue weighted by Gasteiger charge is 2.29. The first-order valence-electron chi connectivity index (χ1n) is 6.87. The Morgan fingerprint density at radius 1 is 1.30 bits per heavy atom. The Morgan fingerprint density at radius 3 is 2.55 bits per heavy atom. The molecule has 0 heterocycles. The molecule has 0 bridgehead atoms. The van der Waals surface area contributed by atoms with Crippen LogP contribution in [0, 0.1) is 5.41 Å². The molecule has 1 fully saturated rings. The molecular weight excluding hydrogens is 296 g/mol. The van der Waals surface area contributed by atoms with Gasteiger partial charge in [0.2, 0.25) is 10.0 Å². The van der Waals surface area contributed by atoms with Gasteiger partial charge in [0.15, 0.2) is 0 Å². The largest absolute Gasteiger partial charge is 0.398 e. The van der Waals surface area contributed by atoms with Crippen LogP contribution in [-0.2, 0) is 10.0 Å². The van der Waals surface area contributed by atoms with Crippen molar-refractivity contribution in [3.8, 4) is 0 Å². The predicted molar refractivity (Wildman–Crippen MR) is 82.2 cm³/mol. The lowest BCUT2D eigenvalue weighted by Crippen LogP contribution is -2.37. The quantitative estimate of drug-likeness (QED) is 0.838. The van der Waals surface area contributed by atoms with Gasteiger partial charge in [-0.25, -0.2) is 13.1 Å². The van der Waals surface area contributed by atoms with Gasteiger partial charge >= 0.3 is 0 Å². The van der Waals surface area contributed by atoms with Gasteiger partial charge in [-0.3, -0.25) is 0 Å². The Morgan fingerprint density at radius 2 is 1.95 bits per heavy atom. The van der Waals surface area contributed by atoms with Gasteiger partial charge in [0, 0.05) is 11.6 Å². The third kappa shape index (κ3) is 3.65. The van der Waals surface area contributed by atoms with Crippen molar-refractivity contribution in [1.82, 2.24) is 4.72 Å². The average molecular weight is 317 g/mol. The molecular formula is C14H21ClN2O2S. The number of sulfonamides is 1. The van der Waals surface area contributed by atoms with E-state index in [1.165, 1.54) is 37.5 Å². The summed E-state index contributed by atoms with van der Waals surface area (Å²) >= 11 is 5.79. The molecule has 0 radical (unpaired) electrons. The highest BCUT2D eigenvalue weighted by molar-refractivity contribution is 7.89. The molecule has 0 spiro atoms. The summed E-state index contributed by atoms with van der Waals surface area (Å²) in [6.07, 6.45) is 5.70. The first-order valence-corrected chi connectivity index (χ1v) is 8.73. The summed E-state index contributed by atoms with van der Waals surface area (Å²) in [5, 5.41) is 0.431. The van der Waals surface area contributed by atoms with Crippen molar-refractivity contribution in [2.24, 2.45) is 5.41 Å². The van der Waals surface area contributed by atoms with Crippen molar-refractivity contribution in [3.05, 3.63) is 23.2 Å². The third-order valence-corrected chi connectivity index (χ3v) is 5.72. The van der Waals surface area contributed by atoms with E-state index in [0.717, 1.165) is 12.8 Å². The zero-order valence-corrected chi connectivity index (χ0v) is 13.2. The summed E-state index contributed by atoms with van der Waals surface area (Å²) in [5.74, 6) is 0. The van der Waals surface area contributed by atoms with E-state index in [1.54, 1.807) is 0 Å². The average Bonchev–Trinajstić information content (AvgIpc) is 2.37. The van der Waals surface area contributed by atoms with Gasteiger partial charge in [0.05, 0.1) is 5.69 Å². The van der Waals surface area contributed by atoms with Crippen molar-refractivity contribution in [2.45, 2.75) is 43.9 Å². The minimum Gasteiger partial charge on any atom is -0.398 e. The second kappa shape index (κ2) is 5.92. The van der Waals surface area contributed by atoms with Crippen molar-refractivity contribution >= 4 is 27.3 Å². The zero-order valence-electron chi connectivity index (χ0n) is 11.7. The summed E-state index contributed by atoms with van der Waals surface area (Å²) in [6.45, 7) is 2.59. The minimum atomic E-state index is -3.58. The van der Waals surface area contributed by atoms with Crippen LogP contribution in [0.2, 0.25) is 5.02 Å². The topological polar surface area (TPSA) is 72.2 Å². The summed E-state index contributed by atoms with van der Waals surface area (Å²) in [4.78, 5) is 0.0984. The van der Waals surface area contributed by atoms with Gasteiger partial charge in [-0.15, -0.1) is 0 Å². The van der Waals surface area contributed by atoms with Crippen LogP contribution in [0.4, 0.5) is 5.69 Å². The number of halogens is 1. The Hall–Kier alpha value is -0.780. The van der Waals surface area contributed by atoms with Crippen LogP contribution < -0.4 is 10.5 Å². The van der Waals surface area contributed by atoms with Gasteiger partial charge in [-0.2, -0.15) is 0 Å². The van der Waals surface area contributed by atoms with Crippen molar-refractivity contribution < 1.29 is 8.42 Å². The van der Waals surface area contributed by atoms with Gasteiger partial charge in [0.25, 0.3) is 0 Å². The number of nitrogen functional groups attached to an aromatic ring is 1. The summed E-state index contributed by atoms with van der Waals surface area (Å²) in [7, 11) is -3.58. The fourth-order valence-corrected chi connectivity index (χ4v) is 4.18. The number of rotatable bonds is 4. The lowest BCUT2D eigenvalue weighted by atomic mass is 9.76. The smallest absolute Gasteiger partial charge is 0.242 e. The number of hydrogen-bond acceptors (Lipinski definition) is 3. The molecule has 1 aromatic rings. The highest BCUT2D eigenvalue weighted by atomic mass is 35.5. The van der Waals surface area contributed by atoms with Crippen molar-refractivity contribution in [3.63, 3.8) is 0 Å². The van der Waals surface area contributed by atoms with Crippen LogP contribution in [0.3, 0.4) is 0 Å². The molecule has 2 rings (SSSR count). The standard InChI is InChI=1S/C14H21ClN2O2S/c1-14(7-3-2-4-8-14)10-17-20(18,19)13-6-5-11(15)9-12(13)16/h5-6,9,17H,2-4,7-8,10,16H2,1H3. The molecule has 0 unspecified atom stereocenters. The summed E-state index contributed by atoms with van der Waals surface area (Å²) in [6, 6.07) is 4.44. The number of nitrogens with one attached hydrogen (secondary N) is 1. The molecule has 0 aromatic heterocycles. The lowest BCUT2D eigenvalue weighted by Gasteiger charge is -2.33. The van der Waals surface area contributed by atoms with E-state index in [2.05, 4.69) is 11.6 Å². The normalized spacial score (nSPS) is 18.9. The molecule has 1 aliphatic rings. The van der Waals surface area contributed by atoms with Crippen LogP contribution in [0.1, 0.15) is 39.0 Å². The Bertz CT molecular complexity index is 581. The first kappa shape index (κ1) is 15.6. The fourth-order valence-electron chi connectivity index (χ4n) is 2.69. The maximum atomic E-state index is 12.3. The van der Waals surface area contributed by atoms with Gasteiger partial charge in [-0.1, -0.05) is 37.8 Å². The lowest BCUT2D eigenvalue weighted by molar-refractivity contribution is 0.219. The number of anilines is 1. The molecule has 0 saturated heterocycles. The maximum Gasteiger partial charge on any atom is 0.242 e. The molecule has 3 N–H and O–H groups in total. The Labute approximate surface area is 125 Å². The number of benzene rings is 1. The molecule has 0 amide bonds. The Balaban J connectivity index is 2.11. The maximum absolute atomic E-state index is 12.3. The van der Waals surface area contributed by atoms with E-state index < -0.39 is 10.0 Å². The zero-order chi connectivity index (χ0) is 14.8. The van der Waals surface area contributed by atoms with Crippen LogP contribution in [0.25, 0.3) is 0 Å². The summed E-state index contributed by atoms with van der Waals surface area (Å²) in [5.41, 5.74) is 5.97. The second-order valence-electron chi connectivity index (χ2n) is 5.88. The van der Waals surface area contributed by atoms with Crippen LogP contribution in [0.15, 0.2) is 23.1 Å².